The van der Waals surface area contributed by atoms with Crippen LogP contribution in [0.3, 0.4) is 0 Å². The first kappa shape index (κ1) is 16.7. The van der Waals surface area contributed by atoms with E-state index in [0.717, 1.165) is 12.2 Å². The Morgan fingerprint density at radius 3 is 2.52 bits per heavy atom. The van der Waals surface area contributed by atoms with E-state index in [4.69, 9.17) is 13.9 Å². The molecular formula is C19H17NO5. The molecule has 0 aliphatic carbocycles. The molecule has 0 radical (unpaired) electrons. The number of aromatic nitrogens is 1. The second-order valence-electron chi connectivity index (χ2n) is 5.45. The predicted octanol–water partition coefficient (Wildman–Crippen LogP) is 3.57. The minimum absolute atomic E-state index is 0.222. The molecule has 6 heteroatoms. The first-order chi connectivity index (χ1) is 12.1. The third kappa shape index (κ3) is 3.85. The van der Waals surface area contributed by atoms with Gasteiger partial charge in [0.2, 0.25) is 5.89 Å². The van der Waals surface area contributed by atoms with Gasteiger partial charge in [-0.2, -0.15) is 0 Å². The fraction of sp³-hybridized carbons (Fsp3) is 0.211. The van der Waals surface area contributed by atoms with Crippen molar-refractivity contribution >= 4 is 16.9 Å². The highest BCUT2D eigenvalue weighted by atomic mass is 16.5. The van der Waals surface area contributed by atoms with E-state index in [1.165, 1.54) is 13.0 Å². The zero-order valence-electron chi connectivity index (χ0n) is 13.9. The smallest absolute Gasteiger partial charge is 0.347 e. The van der Waals surface area contributed by atoms with E-state index in [2.05, 4.69) is 4.98 Å². The number of ether oxygens (including phenoxy) is 2. The molecule has 128 valence electrons. The molecule has 0 fully saturated rings. The van der Waals surface area contributed by atoms with Crippen LogP contribution in [0.4, 0.5) is 0 Å². The number of benzene rings is 2. The standard InChI is InChI=1S/C19H17NO5/c1-3-10-23-14-6-4-13(5-7-14)18-20-17-9-8-15(24-12(2)21)11-16(17)19(22)25-18/h4-9,11H,3,10H2,1-2H3. The number of nitrogens with zero attached hydrogens (tertiary/aromatic N) is 1. The summed E-state index contributed by atoms with van der Waals surface area (Å²) in [6, 6.07) is 11.8. The van der Waals surface area contributed by atoms with Gasteiger partial charge in [0.15, 0.2) is 0 Å². The first-order valence-corrected chi connectivity index (χ1v) is 7.93. The molecule has 0 atom stereocenters. The Kier molecular flexibility index (Phi) is 4.79. The molecule has 1 heterocycles. The Morgan fingerprint density at radius 1 is 1.12 bits per heavy atom. The first-order valence-electron chi connectivity index (χ1n) is 7.93. The monoisotopic (exact) mass is 339 g/mol. The lowest BCUT2D eigenvalue weighted by molar-refractivity contribution is -0.131. The fourth-order valence-electron chi connectivity index (χ4n) is 2.32. The van der Waals surface area contributed by atoms with Crippen molar-refractivity contribution in [2.24, 2.45) is 0 Å². The van der Waals surface area contributed by atoms with E-state index in [1.54, 1.807) is 36.4 Å². The topological polar surface area (TPSA) is 78.6 Å². The van der Waals surface area contributed by atoms with Crippen LogP contribution in [0.1, 0.15) is 20.3 Å². The second-order valence-corrected chi connectivity index (χ2v) is 5.45. The van der Waals surface area contributed by atoms with E-state index in [1.807, 2.05) is 6.92 Å². The minimum Gasteiger partial charge on any atom is -0.494 e. The molecule has 0 N–H and O–H groups in total. The highest BCUT2D eigenvalue weighted by Crippen LogP contribution is 2.23. The van der Waals surface area contributed by atoms with Crippen molar-refractivity contribution < 1.29 is 18.7 Å². The number of carbonyl (C=O) groups is 1. The van der Waals surface area contributed by atoms with Gasteiger partial charge in [0.1, 0.15) is 11.5 Å². The van der Waals surface area contributed by atoms with Crippen molar-refractivity contribution in [2.45, 2.75) is 20.3 Å². The molecule has 0 amide bonds. The number of rotatable bonds is 5. The van der Waals surface area contributed by atoms with Crippen LogP contribution in [-0.4, -0.2) is 17.6 Å². The Labute approximate surface area is 144 Å². The fourth-order valence-corrected chi connectivity index (χ4v) is 2.32. The highest BCUT2D eigenvalue weighted by molar-refractivity contribution is 5.81. The van der Waals surface area contributed by atoms with Crippen LogP contribution >= 0.6 is 0 Å². The Morgan fingerprint density at radius 2 is 1.84 bits per heavy atom. The summed E-state index contributed by atoms with van der Waals surface area (Å²) >= 11 is 0. The maximum atomic E-state index is 12.2. The Bertz CT molecular complexity index is 960. The maximum Gasteiger partial charge on any atom is 0.347 e. The normalized spacial score (nSPS) is 10.6. The summed E-state index contributed by atoms with van der Waals surface area (Å²) < 4.78 is 15.8. The van der Waals surface area contributed by atoms with Gasteiger partial charge in [0, 0.05) is 12.5 Å². The second kappa shape index (κ2) is 7.17. The van der Waals surface area contributed by atoms with Gasteiger partial charge in [-0.3, -0.25) is 4.79 Å². The molecule has 25 heavy (non-hydrogen) atoms. The summed E-state index contributed by atoms with van der Waals surface area (Å²) in [4.78, 5) is 27.6. The third-order valence-corrected chi connectivity index (χ3v) is 3.44. The van der Waals surface area contributed by atoms with Gasteiger partial charge < -0.3 is 13.9 Å². The number of hydrogen-bond acceptors (Lipinski definition) is 6. The average molecular weight is 339 g/mol. The predicted molar refractivity (Wildman–Crippen MR) is 92.8 cm³/mol. The summed E-state index contributed by atoms with van der Waals surface area (Å²) in [5, 5.41) is 0.255. The van der Waals surface area contributed by atoms with Crippen molar-refractivity contribution in [3.8, 4) is 23.0 Å². The van der Waals surface area contributed by atoms with Gasteiger partial charge in [-0.15, -0.1) is 0 Å². The van der Waals surface area contributed by atoms with Crippen LogP contribution in [-0.2, 0) is 4.79 Å². The van der Waals surface area contributed by atoms with Crippen LogP contribution < -0.4 is 15.1 Å². The molecule has 3 aromatic rings. The lowest BCUT2D eigenvalue weighted by atomic mass is 10.2. The van der Waals surface area contributed by atoms with Crippen LogP contribution in [0.5, 0.6) is 11.5 Å². The molecule has 0 aliphatic heterocycles. The van der Waals surface area contributed by atoms with Crippen molar-refractivity contribution in [1.29, 1.82) is 0 Å². The molecule has 6 nitrogen and oxygen atoms in total. The molecule has 0 saturated heterocycles. The van der Waals surface area contributed by atoms with Crippen LogP contribution in [0.2, 0.25) is 0 Å². The van der Waals surface area contributed by atoms with Crippen molar-refractivity contribution in [1.82, 2.24) is 4.98 Å². The van der Waals surface area contributed by atoms with Gasteiger partial charge in [-0.1, -0.05) is 6.92 Å². The summed E-state index contributed by atoms with van der Waals surface area (Å²) in [6.45, 7) is 3.98. The number of esters is 1. The van der Waals surface area contributed by atoms with Gasteiger partial charge in [0.25, 0.3) is 0 Å². The molecule has 0 saturated carbocycles. The average Bonchev–Trinajstić information content (AvgIpc) is 2.60. The van der Waals surface area contributed by atoms with E-state index in [0.29, 0.717) is 17.7 Å². The molecule has 0 unspecified atom stereocenters. The Balaban J connectivity index is 1.95. The van der Waals surface area contributed by atoms with Crippen LogP contribution in [0.25, 0.3) is 22.4 Å². The quantitative estimate of drug-likeness (QED) is 0.522. The SMILES string of the molecule is CCCOc1ccc(-c2nc3ccc(OC(C)=O)cc3c(=O)o2)cc1. The van der Waals surface area contributed by atoms with Gasteiger partial charge >= 0.3 is 11.6 Å². The van der Waals surface area contributed by atoms with Crippen molar-refractivity contribution in [2.75, 3.05) is 6.61 Å². The molecule has 3 rings (SSSR count). The molecule has 1 aromatic heterocycles. The van der Waals surface area contributed by atoms with Crippen LogP contribution in [0.15, 0.2) is 51.7 Å². The lowest BCUT2D eigenvalue weighted by Crippen LogP contribution is -2.05. The molecule has 2 aromatic carbocycles. The summed E-state index contributed by atoms with van der Waals surface area (Å²) in [6.07, 6.45) is 0.929. The van der Waals surface area contributed by atoms with Crippen molar-refractivity contribution in [3.63, 3.8) is 0 Å². The zero-order chi connectivity index (χ0) is 17.8. The van der Waals surface area contributed by atoms with Crippen LogP contribution in [0, 0.1) is 0 Å². The molecule has 0 bridgehead atoms. The van der Waals surface area contributed by atoms with Crippen molar-refractivity contribution in [3.05, 3.63) is 52.9 Å². The Hall–Kier alpha value is -3.15. The molecule has 0 aliphatic rings. The summed E-state index contributed by atoms with van der Waals surface area (Å²) in [5.74, 6) is 0.789. The highest BCUT2D eigenvalue weighted by Gasteiger charge is 2.10. The van der Waals surface area contributed by atoms with E-state index in [9.17, 15) is 9.59 Å². The van der Waals surface area contributed by atoms with E-state index >= 15 is 0 Å². The van der Waals surface area contributed by atoms with Gasteiger partial charge in [-0.25, -0.2) is 9.78 Å². The van der Waals surface area contributed by atoms with Gasteiger partial charge in [-0.05, 0) is 48.9 Å². The summed E-state index contributed by atoms with van der Waals surface area (Å²) in [7, 11) is 0. The number of carbonyl (C=O) groups excluding carboxylic acids is 1. The summed E-state index contributed by atoms with van der Waals surface area (Å²) in [5.41, 5.74) is 0.598. The molecule has 0 spiro atoms. The van der Waals surface area contributed by atoms with E-state index in [-0.39, 0.29) is 17.0 Å². The lowest BCUT2D eigenvalue weighted by Gasteiger charge is -2.06. The third-order valence-electron chi connectivity index (χ3n) is 3.44. The zero-order valence-corrected chi connectivity index (χ0v) is 13.9. The van der Waals surface area contributed by atoms with E-state index < -0.39 is 11.6 Å². The molecular weight excluding hydrogens is 322 g/mol. The maximum absolute atomic E-state index is 12.2. The largest absolute Gasteiger partial charge is 0.494 e. The number of fused-ring (bicyclic) bond motifs is 1. The number of hydrogen-bond donors (Lipinski definition) is 0. The van der Waals surface area contributed by atoms with Gasteiger partial charge in [0.05, 0.1) is 17.5 Å². The minimum atomic E-state index is -0.541.